The van der Waals surface area contributed by atoms with Crippen LogP contribution in [0.1, 0.15) is 12.5 Å². The molecule has 1 aliphatic heterocycles. The molecule has 1 atom stereocenters. The molecule has 0 bridgehead atoms. The molecular weight excluding hydrogens is 260 g/mol. The third kappa shape index (κ3) is 4.03. The molecule has 5 heteroatoms. The average Bonchev–Trinajstić information content (AvgIpc) is 2.37. The molecular formula is C14H22N2O2S. The summed E-state index contributed by atoms with van der Waals surface area (Å²) in [5.41, 5.74) is 1.15. The number of piperazine rings is 1. The molecule has 1 aromatic rings. The van der Waals surface area contributed by atoms with Crippen molar-refractivity contribution in [3.8, 4) is 0 Å². The van der Waals surface area contributed by atoms with E-state index in [2.05, 4.69) is 29.3 Å². The summed E-state index contributed by atoms with van der Waals surface area (Å²) < 4.78 is 22.5. The van der Waals surface area contributed by atoms with Gasteiger partial charge in [-0.1, -0.05) is 30.3 Å². The topological polar surface area (TPSA) is 49.4 Å². The van der Waals surface area contributed by atoms with E-state index in [9.17, 15) is 8.42 Å². The fraction of sp³-hybridized carbons (Fsp3) is 0.571. The lowest BCUT2D eigenvalue weighted by molar-refractivity contribution is 0.150. The average molecular weight is 282 g/mol. The molecule has 0 spiro atoms. The molecule has 106 valence electrons. The molecule has 19 heavy (non-hydrogen) atoms. The van der Waals surface area contributed by atoms with E-state index in [1.165, 1.54) is 11.8 Å². The molecule has 0 aliphatic carbocycles. The Kier molecular flexibility index (Phi) is 4.28. The molecule has 0 amide bonds. The van der Waals surface area contributed by atoms with Crippen LogP contribution in [0.3, 0.4) is 0 Å². The van der Waals surface area contributed by atoms with E-state index < -0.39 is 9.84 Å². The van der Waals surface area contributed by atoms with Crippen molar-refractivity contribution in [2.24, 2.45) is 0 Å². The third-order valence-corrected chi connectivity index (χ3v) is 4.60. The van der Waals surface area contributed by atoms with Gasteiger partial charge in [0.15, 0.2) is 0 Å². The Morgan fingerprint density at radius 1 is 1.32 bits per heavy atom. The van der Waals surface area contributed by atoms with E-state index in [1.54, 1.807) is 0 Å². The summed E-state index contributed by atoms with van der Waals surface area (Å²) in [6, 6.07) is 10.3. The number of hydrogen-bond acceptors (Lipinski definition) is 4. The minimum atomic E-state index is -2.89. The second-order valence-electron chi connectivity index (χ2n) is 5.53. The maximum atomic E-state index is 11.3. The maximum Gasteiger partial charge on any atom is 0.148 e. The Bertz CT molecular complexity index is 516. The summed E-state index contributed by atoms with van der Waals surface area (Å²) >= 11 is 0. The molecule has 0 radical (unpaired) electrons. The number of nitrogens with one attached hydrogen (secondary N) is 1. The van der Waals surface area contributed by atoms with Crippen molar-refractivity contribution in [1.82, 2.24) is 10.2 Å². The van der Waals surface area contributed by atoms with Crippen LogP contribution in [-0.2, 0) is 15.4 Å². The van der Waals surface area contributed by atoms with E-state index in [-0.39, 0.29) is 11.3 Å². The number of sulfone groups is 1. The van der Waals surface area contributed by atoms with E-state index >= 15 is 0 Å². The van der Waals surface area contributed by atoms with Crippen molar-refractivity contribution in [3.63, 3.8) is 0 Å². The van der Waals surface area contributed by atoms with Gasteiger partial charge in [0.1, 0.15) is 9.84 Å². The fourth-order valence-electron chi connectivity index (χ4n) is 2.56. The van der Waals surface area contributed by atoms with Crippen LogP contribution in [0.15, 0.2) is 30.3 Å². The molecule has 1 saturated heterocycles. The highest BCUT2D eigenvalue weighted by Gasteiger charge is 2.32. The highest BCUT2D eigenvalue weighted by molar-refractivity contribution is 7.90. The molecule has 1 fully saturated rings. The predicted molar refractivity (Wildman–Crippen MR) is 77.9 cm³/mol. The first-order valence-electron chi connectivity index (χ1n) is 6.60. The first kappa shape index (κ1) is 14.5. The molecule has 1 aliphatic rings. The van der Waals surface area contributed by atoms with Crippen molar-refractivity contribution in [2.75, 3.05) is 38.2 Å². The van der Waals surface area contributed by atoms with Gasteiger partial charge in [-0.25, -0.2) is 8.42 Å². The standard InChI is InChI=1S/C14H22N2O2S/c1-14(13-6-4-3-5-7-13)12-16(9-8-15-14)10-11-19(2,17)18/h3-7,15H,8-12H2,1-2H3. The first-order chi connectivity index (χ1) is 8.89. The summed E-state index contributed by atoms with van der Waals surface area (Å²) in [5, 5.41) is 3.55. The molecule has 1 heterocycles. The first-order valence-corrected chi connectivity index (χ1v) is 8.66. The summed E-state index contributed by atoms with van der Waals surface area (Å²) in [7, 11) is -2.89. The van der Waals surface area contributed by atoms with Gasteiger partial charge in [0.05, 0.1) is 11.3 Å². The lowest BCUT2D eigenvalue weighted by atomic mass is 9.90. The summed E-state index contributed by atoms with van der Waals surface area (Å²) in [4.78, 5) is 2.23. The zero-order valence-corrected chi connectivity index (χ0v) is 12.4. The molecule has 0 saturated carbocycles. The van der Waals surface area contributed by atoms with Gasteiger partial charge in [-0.2, -0.15) is 0 Å². The van der Waals surface area contributed by atoms with E-state index in [4.69, 9.17) is 0 Å². The summed E-state index contributed by atoms with van der Waals surface area (Å²) in [6.07, 6.45) is 1.30. The van der Waals surface area contributed by atoms with Crippen LogP contribution >= 0.6 is 0 Å². The SMILES string of the molecule is CC1(c2ccccc2)CN(CCS(C)(=O)=O)CCN1. The molecule has 0 aromatic heterocycles. The summed E-state index contributed by atoms with van der Waals surface area (Å²) in [5.74, 6) is 0.234. The van der Waals surface area contributed by atoms with Gasteiger partial charge in [0.25, 0.3) is 0 Å². The van der Waals surface area contributed by atoms with Crippen LogP contribution in [0.2, 0.25) is 0 Å². The maximum absolute atomic E-state index is 11.3. The highest BCUT2D eigenvalue weighted by atomic mass is 32.2. The van der Waals surface area contributed by atoms with Crippen LogP contribution in [0.5, 0.6) is 0 Å². The second kappa shape index (κ2) is 5.61. The van der Waals surface area contributed by atoms with E-state index in [0.29, 0.717) is 6.54 Å². The predicted octanol–water partition coefficient (Wildman–Crippen LogP) is 0.852. The lowest BCUT2D eigenvalue weighted by Crippen LogP contribution is -2.57. The minimum Gasteiger partial charge on any atom is -0.305 e. The molecule has 1 aromatic carbocycles. The fourth-order valence-corrected chi connectivity index (χ4v) is 3.15. The molecule has 1 unspecified atom stereocenters. The molecule has 1 N–H and O–H groups in total. The van der Waals surface area contributed by atoms with Crippen molar-refractivity contribution in [3.05, 3.63) is 35.9 Å². The van der Waals surface area contributed by atoms with E-state index in [0.717, 1.165) is 19.6 Å². The van der Waals surface area contributed by atoms with Gasteiger partial charge in [-0.05, 0) is 12.5 Å². The Labute approximate surface area is 115 Å². The Morgan fingerprint density at radius 3 is 2.63 bits per heavy atom. The number of hydrogen-bond donors (Lipinski definition) is 1. The largest absolute Gasteiger partial charge is 0.305 e. The number of benzene rings is 1. The number of nitrogens with zero attached hydrogens (tertiary/aromatic N) is 1. The van der Waals surface area contributed by atoms with Crippen LogP contribution in [0.4, 0.5) is 0 Å². The Balaban J connectivity index is 2.04. The van der Waals surface area contributed by atoms with Crippen molar-refractivity contribution >= 4 is 9.84 Å². The molecule has 4 nitrogen and oxygen atoms in total. The van der Waals surface area contributed by atoms with Gasteiger partial charge in [-0.3, -0.25) is 4.90 Å². The normalized spacial score (nSPS) is 25.4. The quantitative estimate of drug-likeness (QED) is 0.889. The Morgan fingerprint density at radius 2 is 2.00 bits per heavy atom. The third-order valence-electron chi connectivity index (χ3n) is 3.67. The van der Waals surface area contributed by atoms with Gasteiger partial charge in [-0.15, -0.1) is 0 Å². The van der Waals surface area contributed by atoms with Crippen LogP contribution < -0.4 is 5.32 Å². The van der Waals surface area contributed by atoms with Crippen molar-refractivity contribution < 1.29 is 8.42 Å². The van der Waals surface area contributed by atoms with Gasteiger partial charge < -0.3 is 5.32 Å². The second-order valence-corrected chi connectivity index (χ2v) is 7.79. The molecule has 2 rings (SSSR count). The van der Waals surface area contributed by atoms with Gasteiger partial charge >= 0.3 is 0 Å². The smallest absolute Gasteiger partial charge is 0.148 e. The van der Waals surface area contributed by atoms with E-state index in [1.807, 2.05) is 18.2 Å². The summed E-state index contributed by atoms with van der Waals surface area (Å²) in [6.45, 7) is 5.41. The Hall–Kier alpha value is -0.910. The monoisotopic (exact) mass is 282 g/mol. The van der Waals surface area contributed by atoms with Crippen LogP contribution in [0, 0.1) is 0 Å². The zero-order valence-electron chi connectivity index (χ0n) is 11.6. The minimum absolute atomic E-state index is 0.100. The number of rotatable bonds is 4. The van der Waals surface area contributed by atoms with Gasteiger partial charge in [0.2, 0.25) is 0 Å². The zero-order chi connectivity index (χ0) is 13.9. The van der Waals surface area contributed by atoms with Crippen LogP contribution in [-0.4, -0.2) is 51.5 Å². The van der Waals surface area contributed by atoms with Crippen molar-refractivity contribution in [2.45, 2.75) is 12.5 Å². The highest BCUT2D eigenvalue weighted by Crippen LogP contribution is 2.24. The van der Waals surface area contributed by atoms with Gasteiger partial charge in [0, 0.05) is 32.4 Å². The van der Waals surface area contributed by atoms with Crippen molar-refractivity contribution in [1.29, 1.82) is 0 Å². The lowest BCUT2D eigenvalue weighted by Gasteiger charge is -2.42. The van der Waals surface area contributed by atoms with Crippen LogP contribution in [0.25, 0.3) is 0 Å².